The van der Waals surface area contributed by atoms with Gasteiger partial charge < -0.3 is 35.8 Å². The summed E-state index contributed by atoms with van der Waals surface area (Å²) >= 11 is 0. The molecule has 0 bridgehead atoms. The molecular weight excluding hydrogens is 328 g/mol. The molecule has 1 fully saturated rings. The predicted octanol–water partition coefficient (Wildman–Crippen LogP) is -1.16. The van der Waals surface area contributed by atoms with Crippen molar-refractivity contribution in [3.05, 3.63) is 30.3 Å². The summed E-state index contributed by atoms with van der Waals surface area (Å²) < 4.78 is 5.54. The maximum atomic E-state index is 11.5. The Morgan fingerprint density at radius 3 is 2.44 bits per heavy atom. The normalized spacial score (nSPS) is 30.5. The Morgan fingerprint density at radius 1 is 1.16 bits per heavy atom. The Kier molecular flexibility index (Phi) is 7.15. The van der Waals surface area contributed by atoms with Gasteiger partial charge in [-0.25, -0.2) is 0 Å². The lowest BCUT2D eigenvalue weighted by molar-refractivity contribution is -0.235. The molecule has 1 aliphatic rings. The highest BCUT2D eigenvalue weighted by atomic mass is 16.5. The van der Waals surface area contributed by atoms with Gasteiger partial charge in [-0.15, -0.1) is 0 Å². The molecule has 6 N–H and O–H groups in total. The number of hydrogen-bond donors (Lipinski definition) is 6. The van der Waals surface area contributed by atoms with E-state index in [0.717, 1.165) is 5.69 Å². The monoisotopic (exact) mass is 354 g/mol. The van der Waals surface area contributed by atoms with Crippen LogP contribution in [0.3, 0.4) is 0 Å². The van der Waals surface area contributed by atoms with Crippen LogP contribution in [-0.4, -0.2) is 76.0 Å². The van der Waals surface area contributed by atoms with Gasteiger partial charge in [0.15, 0.2) is 0 Å². The van der Waals surface area contributed by atoms with E-state index in [9.17, 15) is 25.2 Å². The van der Waals surface area contributed by atoms with Crippen LogP contribution in [0.1, 0.15) is 13.3 Å². The van der Waals surface area contributed by atoms with Crippen molar-refractivity contribution in [2.75, 3.05) is 18.5 Å². The summed E-state index contributed by atoms with van der Waals surface area (Å²) in [6, 6.07) is 8.90. The van der Waals surface area contributed by atoms with Crippen molar-refractivity contribution in [3.63, 3.8) is 0 Å². The maximum Gasteiger partial charge on any atom is 0.217 e. The van der Waals surface area contributed by atoms with Crippen LogP contribution in [0.4, 0.5) is 5.69 Å². The third-order valence-electron chi connectivity index (χ3n) is 4.27. The van der Waals surface area contributed by atoms with Crippen molar-refractivity contribution >= 4 is 11.6 Å². The molecule has 0 saturated carbocycles. The van der Waals surface area contributed by atoms with Crippen LogP contribution in [0, 0.1) is 0 Å². The molecule has 1 aromatic carbocycles. The van der Waals surface area contributed by atoms with E-state index in [1.807, 2.05) is 30.3 Å². The van der Waals surface area contributed by atoms with Crippen LogP contribution in [0.5, 0.6) is 0 Å². The first-order chi connectivity index (χ1) is 11.9. The summed E-state index contributed by atoms with van der Waals surface area (Å²) in [6.45, 7) is 1.34. The van der Waals surface area contributed by atoms with Crippen LogP contribution < -0.4 is 10.6 Å². The first-order valence-electron chi connectivity index (χ1n) is 8.30. The topological polar surface area (TPSA) is 131 Å². The maximum absolute atomic E-state index is 11.5. The molecule has 1 unspecified atom stereocenters. The summed E-state index contributed by atoms with van der Waals surface area (Å²) in [6.07, 6.45) is -5.80. The number of benzene rings is 1. The molecule has 6 atom stereocenters. The van der Waals surface area contributed by atoms with E-state index in [0.29, 0.717) is 13.0 Å². The summed E-state index contributed by atoms with van der Waals surface area (Å²) in [4.78, 5) is 11.5. The van der Waals surface area contributed by atoms with Crippen LogP contribution in [0.25, 0.3) is 0 Å². The van der Waals surface area contributed by atoms with Gasteiger partial charge in [-0.2, -0.15) is 0 Å². The second-order valence-corrected chi connectivity index (χ2v) is 6.18. The number of rotatable bonds is 7. The lowest BCUT2D eigenvalue weighted by Crippen LogP contribution is -2.64. The first-order valence-corrected chi connectivity index (χ1v) is 8.30. The largest absolute Gasteiger partial charge is 0.394 e. The third-order valence-corrected chi connectivity index (χ3v) is 4.27. The average Bonchev–Trinajstić information content (AvgIpc) is 2.60. The van der Waals surface area contributed by atoms with Gasteiger partial charge in [0, 0.05) is 19.2 Å². The fourth-order valence-electron chi connectivity index (χ4n) is 2.97. The second-order valence-electron chi connectivity index (χ2n) is 6.18. The van der Waals surface area contributed by atoms with Crippen LogP contribution in [-0.2, 0) is 9.53 Å². The van der Waals surface area contributed by atoms with Crippen LogP contribution in [0.2, 0.25) is 0 Å². The van der Waals surface area contributed by atoms with E-state index in [4.69, 9.17) is 4.74 Å². The molecule has 8 nitrogen and oxygen atoms in total. The number of para-hydroxylation sites is 1. The fourth-order valence-corrected chi connectivity index (χ4v) is 2.97. The van der Waals surface area contributed by atoms with E-state index in [2.05, 4.69) is 10.6 Å². The Balaban J connectivity index is 2.03. The number of amides is 1. The molecule has 25 heavy (non-hydrogen) atoms. The van der Waals surface area contributed by atoms with Crippen LogP contribution in [0.15, 0.2) is 30.3 Å². The molecule has 0 aliphatic carbocycles. The van der Waals surface area contributed by atoms with Crippen molar-refractivity contribution in [2.24, 2.45) is 0 Å². The highest BCUT2D eigenvalue weighted by Crippen LogP contribution is 2.24. The highest BCUT2D eigenvalue weighted by molar-refractivity contribution is 5.73. The third kappa shape index (κ3) is 5.13. The zero-order chi connectivity index (χ0) is 18.4. The van der Waals surface area contributed by atoms with Crippen molar-refractivity contribution < 1.29 is 30.0 Å². The Morgan fingerprint density at radius 2 is 1.84 bits per heavy atom. The molecule has 1 saturated heterocycles. The summed E-state index contributed by atoms with van der Waals surface area (Å²) in [5, 5.41) is 45.2. The summed E-state index contributed by atoms with van der Waals surface area (Å²) in [5.41, 5.74) is 0.915. The molecule has 1 aromatic rings. The number of nitrogens with one attached hydrogen (secondary N) is 2. The summed E-state index contributed by atoms with van der Waals surface area (Å²) in [5.74, 6) is -0.304. The predicted molar refractivity (Wildman–Crippen MR) is 90.9 cm³/mol. The molecule has 0 spiro atoms. The number of carbonyl (C=O) groups excluding carboxylic acids is 1. The van der Waals surface area contributed by atoms with Gasteiger partial charge in [0.1, 0.15) is 30.5 Å². The number of anilines is 1. The zero-order valence-corrected chi connectivity index (χ0v) is 14.1. The molecule has 1 heterocycles. The van der Waals surface area contributed by atoms with Gasteiger partial charge in [0.25, 0.3) is 0 Å². The first kappa shape index (κ1) is 19.6. The van der Waals surface area contributed by atoms with E-state index in [1.54, 1.807) is 0 Å². The molecule has 8 heteroatoms. The smallest absolute Gasteiger partial charge is 0.217 e. The number of hydrogen-bond acceptors (Lipinski definition) is 7. The molecule has 1 aliphatic heterocycles. The van der Waals surface area contributed by atoms with Gasteiger partial charge in [-0.1, -0.05) is 18.2 Å². The quantitative estimate of drug-likeness (QED) is 0.364. The van der Waals surface area contributed by atoms with E-state index < -0.39 is 43.2 Å². The van der Waals surface area contributed by atoms with Gasteiger partial charge in [0.05, 0.1) is 12.6 Å². The van der Waals surface area contributed by atoms with Crippen molar-refractivity contribution in [1.82, 2.24) is 5.32 Å². The fraction of sp³-hybridized carbons (Fsp3) is 0.588. The Labute approximate surface area is 146 Å². The molecule has 0 radical (unpaired) electrons. The van der Waals surface area contributed by atoms with Gasteiger partial charge >= 0.3 is 0 Å². The second kappa shape index (κ2) is 9.12. The van der Waals surface area contributed by atoms with Gasteiger partial charge in [0.2, 0.25) is 5.91 Å². The number of aliphatic hydroxyl groups excluding tert-OH is 4. The van der Waals surface area contributed by atoms with Crippen molar-refractivity contribution in [2.45, 2.75) is 49.9 Å². The Bertz CT molecular complexity index is 541. The number of ether oxygens (including phenoxy) is 1. The van der Waals surface area contributed by atoms with Gasteiger partial charge in [-0.05, 0) is 18.6 Å². The Hall–Kier alpha value is -1.71. The molecule has 140 valence electrons. The summed E-state index contributed by atoms with van der Waals surface area (Å²) in [7, 11) is 0. The standard InChI is InChI=1S/C17H26N2O6/c1-10(21)19-12(7-8-18-11-5-3-2-4-6-11)17-16(24)15(23)14(22)13(9-20)25-17/h2-6,12-18,20,22-24H,7-9H2,1H3,(H,19,21)/t12?,13-,14-,15+,16-,17+/m1/s1. The van der Waals surface area contributed by atoms with Crippen molar-refractivity contribution in [3.8, 4) is 0 Å². The molecule has 1 amide bonds. The minimum Gasteiger partial charge on any atom is -0.394 e. The van der Waals surface area contributed by atoms with Crippen LogP contribution >= 0.6 is 0 Å². The van der Waals surface area contributed by atoms with E-state index in [1.165, 1.54) is 6.92 Å². The lowest BCUT2D eigenvalue weighted by Gasteiger charge is -2.43. The highest BCUT2D eigenvalue weighted by Gasteiger charge is 2.46. The SMILES string of the molecule is CC(=O)NC(CCNc1ccccc1)[C@@H]1O[C@H](CO)[C@@H](O)[C@H](O)[C@H]1O. The zero-order valence-electron chi connectivity index (χ0n) is 14.1. The minimum atomic E-state index is -1.46. The minimum absolute atomic E-state index is 0.304. The number of carbonyl (C=O) groups is 1. The average molecular weight is 354 g/mol. The molecule has 2 rings (SSSR count). The molecular formula is C17H26N2O6. The van der Waals surface area contributed by atoms with E-state index in [-0.39, 0.29) is 5.91 Å². The van der Waals surface area contributed by atoms with E-state index >= 15 is 0 Å². The van der Waals surface area contributed by atoms with Crippen molar-refractivity contribution in [1.29, 1.82) is 0 Å². The molecule has 0 aromatic heterocycles. The number of aliphatic hydroxyl groups is 4. The van der Waals surface area contributed by atoms with Gasteiger partial charge in [-0.3, -0.25) is 4.79 Å². The lowest BCUT2D eigenvalue weighted by atomic mass is 9.90.